The second kappa shape index (κ2) is 6.48. The van der Waals surface area contributed by atoms with Crippen LogP contribution in [0, 0.1) is 3.57 Å². The Morgan fingerprint density at radius 1 is 1.19 bits per heavy atom. The van der Waals surface area contributed by atoms with Crippen LogP contribution in [0.5, 0.6) is 5.75 Å². The quantitative estimate of drug-likeness (QED) is 0.516. The van der Waals surface area contributed by atoms with Gasteiger partial charge in [-0.25, -0.2) is 9.97 Å². The first kappa shape index (κ1) is 16.5. The van der Waals surface area contributed by atoms with Crippen LogP contribution in [0.3, 0.4) is 0 Å². The molecule has 0 fully saturated rings. The van der Waals surface area contributed by atoms with E-state index in [0.717, 1.165) is 20.6 Å². The first-order valence-electron chi connectivity index (χ1n) is 6.80. The van der Waals surface area contributed by atoms with Gasteiger partial charge in [-0.15, -0.1) is 0 Å². The van der Waals surface area contributed by atoms with Gasteiger partial charge < -0.3 is 4.74 Å². The first-order valence-corrected chi connectivity index (χ1v) is 8.26. The van der Waals surface area contributed by atoms with Gasteiger partial charge in [-0.05, 0) is 41.6 Å². The Labute approximate surface area is 144 Å². The molecule has 0 bridgehead atoms. The summed E-state index contributed by atoms with van der Waals surface area (Å²) in [6.45, 7) is 8.91. The summed E-state index contributed by atoms with van der Waals surface area (Å²) in [5.74, 6) is 1.38. The maximum atomic E-state index is 6.30. The largest absolute Gasteiger partial charge is 0.493 e. The Hall–Kier alpha value is -0.880. The minimum Gasteiger partial charge on any atom is -0.493 e. The SMILES string of the molecule is CCOc1ccccc1-c1nc(Cl)c(I)c(C(C)(C)C)n1. The molecule has 0 amide bonds. The molecule has 0 saturated heterocycles. The molecule has 1 heterocycles. The second-order valence-corrected chi connectivity index (χ2v) is 7.12. The summed E-state index contributed by atoms with van der Waals surface area (Å²) in [7, 11) is 0. The molecule has 0 aliphatic carbocycles. The Bertz CT molecular complexity index is 653. The van der Waals surface area contributed by atoms with Crippen molar-refractivity contribution < 1.29 is 4.74 Å². The molecule has 0 radical (unpaired) electrons. The highest BCUT2D eigenvalue weighted by Gasteiger charge is 2.23. The van der Waals surface area contributed by atoms with E-state index in [9.17, 15) is 0 Å². The molecule has 1 aromatic carbocycles. The van der Waals surface area contributed by atoms with Crippen LogP contribution in [0.25, 0.3) is 11.4 Å². The molecule has 2 rings (SSSR count). The summed E-state index contributed by atoms with van der Waals surface area (Å²) < 4.78 is 6.56. The molecular formula is C16H18ClIN2O. The van der Waals surface area contributed by atoms with Gasteiger partial charge in [0.1, 0.15) is 10.9 Å². The fourth-order valence-corrected chi connectivity index (χ4v) is 3.19. The van der Waals surface area contributed by atoms with Crippen molar-refractivity contribution in [1.29, 1.82) is 0 Å². The smallest absolute Gasteiger partial charge is 0.164 e. The predicted molar refractivity (Wildman–Crippen MR) is 95.1 cm³/mol. The van der Waals surface area contributed by atoms with Gasteiger partial charge >= 0.3 is 0 Å². The molecule has 0 atom stereocenters. The molecule has 5 heteroatoms. The number of aromatic nitrogens is 2. The monoisotopic (exact) mass is 416 g/mol. The number of rotatable bonds is 3. The molecule has 0 unspecified atom stereocenters. The van der Waals surface area contributed by atoms with E-state index in [4.69, 9.17) is 21.3 Å². The topological polar surface area (TPSA) is 35.0 Å². The maximum absolute atomic E-state index is 6.30. The Balaban J connectivity index is 2.63. The minimum absolute atomic E-state index is 0.0988. The van der Waals surface area contributed by atoms with Gasteiger partial charge in [0.2, 0.25) is 0 Å². The second-order valence-electron chi connectivity index (χ2n) is 5.68. The fourth-order valence-electron chi connectivity index (χ4n) is 1.97. The predicted octanol–water partition coefficient (Wildman–Crippen LogP) is 5.10. The average molecular weight is 417 g/mol. The van der Waals surface area contributed by atoms with Gasteiger partial charge in [-0.3, -0.25) is 0 Å². The number of hydrogen-bond donors (Lipinski definition) is 0. The van der Waals surface area contributed by atoms with Gasteiger partial charge in [0.25, 0.3) is 0 Å². The zero-order valence-corrected chi connectivity index (χ0v) is 15.5. The third kappa shape index (κ3) is 3.66. The summed E-state index contributed by atoms with van der Waals surface area (Å²) in [5.41, 5.74) is 1.71. The summed E-state index contributed by atoms with van der Waals surface area (Å²) in [4.78, 5) is 9.16. The molecule has 0 N–H and O–H groups in total. The van der Waals surface area contributed by atoms with Crippen molar-refractivity contribution in [2.75, 3.05) is 6.61 Å². The lowest BCUT2D eigenvalue weighted by Gasteiger charge is -2.21. The molecule has 1 aromatic heterocycles. The van der Waals surface area contributed by atoms with E-state index in [1.165, 1.54) is 0 Å². The lowest BCUT2D eigenvalue weighted by atomic mass is 9.92. The highest BCUT2D eigenvalue weighted by atomic mass is 127. The van der Waals surface area contributed by atoms with Gasteiger partial charge in [0.05, 0.1) is 21.4 Å². The van der Waals surface area contributed by atoms with Crippen molar-refractivity contribution in [3.63, 3.8) is 0 Å². The van der Waals surface area contributed by atoms with Crippen molar-refractivity contribution in [3.05, 3.63) is 38.7 Å². The van der Waals surface area contributed by atoms with E-state index in [2.05, 4.69) is 48.3 Å². The third-order valence-electron chi connectivity index (χ3n) is 2.95. The van der Waals surface area contributed by atoms with E-state index in [1.807, 2.05) is 31.2 Å². The molecule has 0 aliphatic rings. The molecule has 0 aliphatic heterocycles. The number of nitrogens with zero attached hydrogens (tertiary/aromatic N) is 2. The van der Waals surface area contributed by atoms with Crippen molar-refractivity contribution in [2.24, 2.45) is 0 Å². The number of halogens is 2. The Morgan fingerprint density at radius 3 is 2.48 bits per heavy atom. The van der Waals surface area contributed by atoms with Crippen molar-refractivity contribution in [3.8, 4) is 17.1 Å². The lowest BCUT2D eigenvalue weighted by Crippen LogP contribution is -2.17. The van der Waals surface area contributed by atoms with Crippen LogP contribution >= 0.6 is 34.2 Å². The summed E-state index contributed by atoms with van der Waals surface area (Å²) in [6.07, 6.45) is 0. The molecule has 112 valence electrons. The zero-order chi connectivity index (χ0) is 15.6. The van der Waals surface area contributed by atoms with Crippen molar-refractivity contribution >= 4 is 34.2 Å². The van der Waals surface area contributed by atoms with Crippen LogP contribution in [0.4, 0.5) is 0 Å². The zero-order valence-electron chi connectivity index (χ0n) is 12.6. The van der Waals surface area contributed by atoms with E-state index < -0.39 is 0 Å². The van der Waals surface area contributed by atoms with Crippen LogP contribution in [0.2, 0.25) is 5.15 Å². The minimum atomic E-state index is -0.0988. The Morgan fingerprint density at radius 2 is 1.86 bits per heavy atom. The van der Waals surface area contributed by atoms with Crippen molar-refractivity contribution in [1.82, 2.24) is 9.97 Å². The Kier molecular flexibility index (Phi) is 5.09. The highest BCUT2D eigenvalue weighted by Crippen LogP contribution is 2.34. The molecule has 3 nitrogen and oxygen atoms in total. The summed E-state index contributed by atoms with van der Waals surface area (Å²) >= 11 is 8.51. The summed E-state index contributed by atoms with van der Waals surface area (Å²) in [6, 6.07) is 7.76. The third-order valence-corrected chi connectivity index (χ3v) is 4.56. The number of hydrogen-bond acceptors (Lipinski definition) is 3. The number of para-hydroxylation sites is 1. The van der Waals surface area contributed by atoms with Gasteiger partial charge in [0.15, 0.2) is 5.82 Å². The van der Waals surface area contributed by atoms with Gasteiger partial charge in [0, 0.05) is 5.41 Å². The lowest BCUT2D eigenvalue weighted by molar-refractivity contribution is 0.341. The molecule has 21 heavy (non-hydrogen) atoms. The van der Waals surface area contributed by atoms with Gasteiger partial charge in [-0.1, -0.05) is 44.5 Å². The van der Waals surface area contributed by atoms with Crippen LogP contribution in [0.15, 0.2) is 24.3 Å². The molecular weight excluding hydrogens is 399 g/mol. The van der Waals surface area contributed by atoms with Crippen molar-refractivity contribution in [2.45, 2.75) is 33.1 Å². The summed E-state index contributed by atoms with van der Waals surface area (Å²) in [5, 5.41) is 0.483. The molecule has 0 spiro atoms. The maximum Gasteiger partial charge on any atom is 0.164 e. The number of ether oxygens (including phenoxy) is 1. The van der Waals surface area contributed by atoms with E-state index in [1.54, 1.807) is 0 Å². The standard InChI is InChI=1S/C16H18ClIN2O/c1-5-21-11-9-7-6-8-10(11)15-19-13(16(2,3)4)12(18)14(17)20-15/h6-9H,5H2,1-4H3. The van der Waals surface area contributed by atoms with Crippen LogP contribution in [-0.2, 0) is 5.41 Å². The van der Waals surface area contributed by atoms with Crippen LogP contribution < -0.4 is 4.74 Å². The van der Waals surface area contributed by atoms with E-state index in [0.29, 0.717) is 17.6 Å². The van der Waals surface area contributed by atoms with E-state index >= 15 is 0 Å². The molecule has 2 aromatic rings. The van der Waals surface area contributed by atoms with Gasteiger partial charge in [-0.2, -0.15) is 0 Å². The average Bonchev–Trinajstić information content (AvgIpc) is 2.41. The number of benzene rings is 1. The molecule has 0 saturated carbocycles. The van der Waals surface area contributed by atoms with Crippen LogP contribution in [0.1, 0.15) is 33.4 Å². The van der Waals surface area contributed by atoms with E-state index in [-0.39, 0.29) is 5.41 Å². The highest BCUT2D eigenvalue weighted by molar-refractivity contribution is 14.1. The normalized spacial score (nSPS) is 11.5. The first-order chi connectivity index (χ1) is 9.84. The fraction of sp³-hybridized carbons (Fsp3) is 0.375. The van der Waals surface area contributed by atoms with Crippen LogP contribution in [-0.4, -0.2) is 16.6 Å².